The van der Waals surface area contributed by atoms with E-state index in [1.807, 2.05) is 53.1 Å². The van der Waals surface area contributed by atoms with Crippen molar-refractivity contribution in [2.24, 2.45) is 0 Å². The van der Waals surface area contributed by atoms with Gasteiger partial charge in [0.2, 0.25) is 0 Å². The van der Waals surface area contributed by atoms with E-state index >= 15 is 0 Å². The van der Waals surface area contributed by atoms with Gasteiger partial charge in [-0.3, -0.25) is 19.5 Å². The largest absolute Gasteiger partial charge is 0.272 e. The second-order valence-corrected chi connectivity index (χ2v) is 4.82. The molecule has 6 nitrogen and oxygen atoms in total. The van der Waals surface area contributed by atoms with Crippen molar-refractivity contribution in [2.75, 3.05) is 0 Å². The fourth-order valence-electron chi connectivity index (χ4n) is 2.34. The monoisotopic (exact) mass is 300 g/mol. The van der Waals surface area contributed by atoms with Crippen LogP contribution in [0.25, 0.3) is 28.7 Å². The summed E-state index contributed by atoms with van der Waals surface area (Å²) in [6, 6.07) is 15.2. The van der Waals surface area contributed by atoms with E-state index in [0.29, 0.717) is 11.6 Å². The van der Waals surface area contributed by atoms with E-state index in [2.05, 4.69) is 25.1 Å². The van der Waals surface area contributed by atoms with E-state index in [1.54, 1.807) is 24.8 Å². The molecule has 110 valence electrons. The number of pyridine rings is 3. The van der Waals surface area contributed by atoms with E-state index in [4.69, 9.17) is 0 Å². The van der Waals surface area contributed by atoms with Gasteiger partial charge in [0.1, 0.15) is 11.4 Å². The molecule has 4 heterocycles. The van der Waals surface area contributed by atoms with Gasteiger partial charge in [0, 0.05) is 24.8 Å². The van der Waals surface area contributed by atoms with E-state index < -0.39 is 0 Å². The Kier molecular flexibility index (Phi) is 3.32. The van der Waals surface area contributed by atoms with Crippen molar-refractivity contribution < 1.29 is 0 Å². The minimum atomic E-state index is 0.664. The molecule has 4 aromatic rings. The molecule has 23 heavy (non-hydrogen) atoms. The van der Waals surface area contributed by atoms with Crippen LogP contribution in [0.3, 0.4) is 0 Å². The Hall–Kier alpha value is -3.41. The topological polar surface area (TPSA) is 69.4 Å². The van der Waals surface area contributed by atoms with Crippen LogP contribution in [0.1, 0.15) is 0 Å². The van der Waals surface area contributed by atoms with Gasteiger partial charge in [-0.05, 0) is 36.4 Å². The van der Waals surface area contributed by atoms with Crippen molar-refractivity contribution in [2.45, 2.75) is 0 Å². The molecule has 0 aliphatic heterocycles. The molecule has 0 unspecified atom stereocenters. The highest BCUT2D eigenvalue weighted by molar-refractivity contribution is 5.62. The van der Waals surface area contributed by atoms with Gasteiger partial charge in [0.05, 0.1) is 5.69 Å². The normalized spacial score (nSPS) is 10.6. The summed E-state index contributed by atoms with van der Waals surface area (Å²) in [4.78, 5) is 12.8. The summed E-state index contributed by atoms with van der Waals surface area (Å²) in [5, 5.41) is 8.66. The first kappa shape index (κ1) is 13.3. The third-order valence-electron chi connectivity index (χ3n) is 3.37. The van der Waals surface area contributed by atoms with Crippen LogP contribution < -0.4 is 0 Å². The SMILES string of the molecule is c1ccc(-c2nnc(-c3ccccn3)n2-c2ccncc2)nc1. The molecule has 0 N–H and O–H groups in total. The molecule has 4 aromatic heterocycles. The van der Waals surface area contributed by atoms with Crippen LogP contribution >= 0.6 is 0 Å². The summed E-state index contributed by atoms with van der Waals surface area (Å²) in [5.41, 5.74) is 2.41. The Balaban J connectivity index is 1.97. The Morgan fingerprint density at radius 2 is 1.17 bits per heavy atom. The number of hydrogen-bond acceptors (Lipinski definition) is 5. The molecule has 6 heteroatoms. The van der Waals surface area contributed by atoms with Crippen molar-refractivity contribution in [1.82, 2.24) is 29.7 Å². The summed E-state index contributed by atoms with van der Waals surface area (Å²) < 4.78 is 1.94. The highest BCUT2D eigenvalue weighted by atomic mass is 15.3. The minimum Gasteiger partial charge on any atom is -0.272 e. The van der Waals surface area contributed by atoms with E-state index in [9.17, 15) is 0 Å². The van der Waals surface area contributed by atoms with Crippen LogP contribution in [0.2, 0.25) is 0 Å². The molecule has 0 aliphatic carbocycles. The molecule has 0 aromatic carbocycles. The van der Waals surface area contributed by atoms with Gasteiger partial charge in [-0.2, -0.15) is 0 Å². The van der Waals surface area contributed by atoms with Gasteiger partial charge in [-0.15, -0.1) is 10.2 Å². The van der Waals surface area contributed by atoms with Crippen LogP contribution in [0.4, 0.5) is 0 Å². The van der Waals surface area contributed by atoms with Crippen LogP contribution in [-0.2, 0) is 0 Å². The maximum atomic E-state index is 4.38. The zero-order valence-electron chi connectivity index (χ0n) is 12.1. The molecule has 0 atom stereocenters. The van der Waals surface area contributed by atoms with Crippen molar-refractivity contribution in [1.29, 1.82) is 0 Å². The van der Waals surface area contributed by atoms with Crippen LogP contribution in [0.5, 0.6) is 0 Å². The molecule has 0 bridgehead atoms. The van der Waals surface area contributed by atoms with Crippen molar-refractivity contribution in [3.8, 4) is 28.7 Å². The van der Waals surface area contributed by atoms with Gasteiger partial charge < -0.3 is 0 Å². The maximum absolute atomic E-state index is 4.38. The van der Waals surface area contributed by atoms with Crippen molar-refractivity contribution >= 4 is 0 Å². The number of rotatable bonds is 3. The Labute approximate surface area is 132 Å². The number of hydrogen-bond donors (Lipinski definition) is 0. The lowest BCUT2D eigenvalue weighted by atomic mass is 10.3. The molecule has 0 radical (unpaired) electrons. The fraction of sp³-hybridized carbons (Fsp3) is 0. The zero-order chi connectivity index (χ0) is 15.5. The Morgan fingerprint density at radius 3 is 1.65 bits per heavy atom. The Bertz CT molecular complexity index is 847. The summed E-state index contributed by atoms with van der Waals surface area (Å²) in [6.07, 6.45) is 6.95. The van der Waals surface area contributed by atoms with Crippen molar-refractivity contribution in [3.63, 3.8) is 0 Å². The molecular weight excluding hydrogens is 288 g/mol. The molecule has 0 amide bonds. The van der Waals surface area contributed by atoms with E-state index in [-0.39, 0.29) is 0 Å². The summed E-state index contributed by atoms with van der Waals surface area (Å²) >= 11 is 0. The summed E-state index contributed by atoms with van der Waals surface area (Å²) in [5.74, 6) is 1.33. The molecule has 0 saturated heterocycles. The van der Waals surface area contributed by atoms with Gasteiger partial charge in [-0.1, -0.05) is 12.1 Å². The third-order valence-corrected chi connectivity index (χ3v) is 3.37. The Morgan fingerprint density at radius 1 is 0.609 bits per heavy atom. The average Bonchev–Trinajstić information content (AvgIpc) is 3.09. The first-order chi connectivity index (χ1) is 11.4. The molecular formula is C17H12N6. The van der Waals surface area contributed by atoms with Crippen LogP contribution in [0.15, 0.2) is 73.3 Å². The number of nitrogens with zero attached hydrogens (tertiary/aromatic N) is 6. The lowest BCUT2D eigenvalue weighted by Gasteiger charge is -2.09. The number of aromatic nitrogens is 6. The van der Waals surface area contributed by atoms with Crippen LogP contribution in [-0.4, -0.2) is 29.7 Å². The molecule has 4 rings (SSSR count). The second-order valence-electron chi connectivity index (χ2n) is 4.82. The predicted octanol–water partition coefficient (Wildman–Crippen LogP) is 2.79. The quantitative estimate of drug-likeness (QED) is 0.582. The highest BCUT2D eigenvalue weighted by Gasteiger charge is 2.18. The zero-order valence-corrected chi connectivity index (χ0v) is 12.1. The average molecular weight is 300 g/mol. The lowest BCUT2D eigenvalue weighted by molar-refractivity contribution is 1.04. The molecule has 0 aliphatic rings. The first-order valence-corrected chi connectivity index (χ1v) is 7.12. The van der Waals surface area contributed by atoms with E-state index in [1.165, 1.54) is 0 Å². The van der Waals surface area contributed by atoms with Gasteiger partial charge in [-0.25, -0.2) is 0 Å². The van der Waals surface area contributed by atoms with Gasteiger partial charge >= 0.3 is 0 Å². The highest BCUT2D eigenvalue weighted by Crippen LogP contribution is 2.25. The van der Waals surface area contributed by atoms with Gasteiger partial charge in [0.25, 0.3) is 0 Å². The molecule has 0 spiro atoms. The standard InChI is InChI=1S/C17H12N6/c1-3-9-19-14(5-1)16-21-22-17(15-6-2-4-10-20-15)23(16)13-7-11-18-12-8-13/h1-12H. The van der Waals surface area contributed by atoms with Crippen molar-refractivity contribution in [3.05, 3.63) is 73.3 Å². The van der Waals surface area contributed by atoms with E-state index in [0.717, 1.165) is 17.1 Å². The summed E-state index contributed by atoms with van der Waals surface area (Å²) in [7, 11) is 0. The second kappa shape index (κ2) is 5.76. The minimum absolute atomic E-state index is 0.664. The molecule has 0 fully saturated rings. The fourth-order valence-corrected chi connectivity index (χ4v) is 2.34. The van der Waals surface area contributed by atoms with Gasteiger partial charge in [0.15, 0.2) is 11.6 Å². The summed E-state index contributed by atoms with van der Waals surface area (Å²) in [6.45, 7) is 0. The third kappa shape index (κ3) is 2.46. The first-order valence-electron chi connectivity index (χ1n) is 7.12. The lowest BCUT2D eigenvalue weighted by Crippen LogP contribution is -2.02. The predicted molar refractivity (Wildman–Crippen MR) is 85.6 cm³/mol. The van der Waals surface area contributed by atoms with Crippen LogP contribution in [0, 0.1) is 0 Å². The smallest absolute Gasteiger partial charge is 0.187 e. The molecule has 0 saturated carbocycles. The maximum Gasteiger partial charge on any atom is 0.187 e.